The molecule has 0 spiro atoms. The van der Waals surface area contributed by atoms with Crippen molar-refractivity contribution >= 4 is 23.4 Å². The van der Waals surface area contributed by atoms with Crippen molar-refractivity contribution in [3.63, 3.8) is 0 Å². The lowest BCUT2D eigenvalue weighted by Gasteiger charge is -2.12. The molecule has 0 radical (unpaired) electrons. The highest BCUT2D eigenvalue weighted by molar-refractivity contribution is 5.97. The third-order valence-electron chi connectivity index (χ3n) is 4.85. The zero-order valence-electron chi connectivity index (χ0n) is 16.5. The molecule has 1 saturated heterocycles. The maximum atomic E-state index is 13.9. The lowest BCUT2D eigenvalue weighted by molar-refractivity contribution is 0.0940. The van der Waals surface area contributed by atoms with Crippen LogP contribution in [0.2, 0.25) is 0 Å². The fourth-order valence-corrected chi connectivity index (χ4v) is 3.28. The summed E-state index contributed by atoms with van der Waals surface area (Å²) in [5.41, 5.74) is 5.83. The van der Waals surface area contributed by atoms with E-state index in [2.05, 4.69) is 25.7 Å². The molecule has 0 bridgehead atoms. The molecule has 11 heteroatoms. The number of primary amides is 1. The second-order valence-corrected chi connectivity index (χ2v) is 7.08. The molecule has 1 aromatic carbocycles. The monoisotopic (exact) mass is 429 g/mol. The first kappa shape index (κ1) is 20.7. The molecule has 3 heterocycles. The number of nitrogens with two attached hydrogens (primary N) is 1. The number of benzene rings is 1. The van der Waals surface area contributed by atoms with E-state index in [9.17, 15) is 13.6 Å². The molecule has 2 aromatic heterocycles. The molecule has 0 aliphatic carbocycles. The van der Waals surface area contributed by atoms with Gasteiger partial charge < -0.3 is 21.1 Å². The average molecular weight is 429 g/mol. The van der Waals surface area contributed by atoms with Crippen molar-refractivity contribution in [2.75, 3.05) is 17.2 Å². The Bertz CT molecular complexity index is 1060. The largest absolute Gasteiger partial charge is 0.376 e. The first-order chi connectivity index (χ1) is 15.0. The molecule has 1 aliphatic heterocycles. The molecule has 1 atom stereocenters. The lowest BCUT2D eigenvalue weighted by Crippen LogP contribution is -2.17. The zero-order valence-corrected chi connectivity index (χ0v) is 16.5. The number of hydrogen-bond acceptors (Lipinski definition) is 7. The lowest BCUT2D eigenvalue weighted by atomic mass is 10.2. The van der Waals surface area contributed by atoms with Crippen molar-refractivity contribution in [1.29, 1.82) is 0 Å². The summed E-state index contributed by atoms with van der Waals surface area (Å²) in [6, 6.07) is 3.57. The maximum Gasteiger partial charge on any atom is 0.254 e. The number of nitrogens with one attached hydrogen (secondary N) is 2. The normalized spacial score (nSPS) is 15.7. The van der Waals surface area contributed by atoms with Crippen molar-refractivity contribution in [3.8, 4) is 0 Å². The van der Waals surface area contributed by atoms with Crippen molar-refractivity contribution in [2.24, 2.45) is 5.73 Å². The van der Waals surface area contributed by atoms with Gasteiger partial charge in [-0.2, -0.15) is 10.1 Å². The predicted octanol–water partition coefficient (Wildman–Crippen LogP) is 2.58. The Balaban J connectivity index is 1.49. The number of aromatic nitrogens is 4. The summed E-state index contributed by atoms with van der Waals surface area (Å²) in [5.74, 6) is -1.97. The summed E-state index contributed by atoms with van der Waals surface area (Å²) in [4.78, 5) is 20.0. The number of hydrogen-bond donors (Lipinski definition) is 3. The van der Waals surface area contributed by atoms with Gasteiger partial charge >= 0.3 is 0 Å². The van der Waals surface area contributed by atoms with Crippen LogP contribution in [-0.4, -0.2) is 38.4 Å². The highest BCUT2D eigenvalue weighted by Gasteiger charge is 2.17. The topological polar surface area (TPSA) is 120 Å². The number of nitrogens with zero attached hydrogens (tertiary/aromatic N) is 4. The molecule has 31 heavy (non-hydrogen) atoms. The summed E-state index contributed by atoms with van der Waals surface area (Å²) in [5, 5.41) is 10.0. The van der Waals surface area contributed by atoms with Crippen LogP contribution >= 0.6 is 0 Å². The van der Waals surface area contributed by atoms with Gasteiger partial charge in [0.15, 0.2) is 0 Å². The van der Waals surface area contributed by atoms with Gasteiger partial charge in [0.2, 0.25) is 5.95 Å². The summed E-state index contributed by atoms with van der Waals surface area (Å²) < 4.78 is 35.1. The standard InChI is InChI=1S/C20H21F2N7O2/c21-16-4-1-5-17(22)14(16)8-24-19-15(18(23)30)9-25-20(28-19)27-12-7-26-29(10-12)11-13-3-2-6-31-13/h1,4-5,7,9-10,13H,2-3,6,8,11H2,(H2,23,30)(H2,24,25,27,28). The molecule has 4 rings (SSSR count). The Morgan fingerprint density at radius 2 is 2.10 bits per heavy atom. The number of anilines is 3. The predicted molar refractivity (Wildman–Crippen MR) is 109 cm³/mol. The van der Waals surface area contributed by atoms with Crippen molar-refractivity contribution < 1.29 is 18.3 Å². The van der Waals surface area contributed by atoms with E-state index in [-0.39, 0.29) is 35.5 Å². The van der Waals surface area contributed by atoms with Crippen LogP contribution in [0, 0.1) is 11.6 Å². The zero-order chi connectivity index (χ0) is 21.8. The second kappa shape index (κ2) is 9.04. The van der Waals surface area contributed by atoms with Crippen LogP contribution < -0.4 is 16.4 Å². The number of amides is 1. The summed E-state index contributed by atoms with van der Waals surface area (Å²) in [6.07, 6.45) is 6.83. The Morgan fingerprint density at radius 1 is 1.29 bits per heavy atom. The van der Waals surface area contributed by atoms with Crippen molar-refractivity contribution in [3.05, 3.63) is 59.6 Å². The summed E-state index contributed by atoms with van der Waals surface area (Å²) >= 11 is 0. The van der Waals surface area contributed by atoms with Crippen LogP contribution in [0.1, 0.15) is 28.8 Å². The van der Waals surface area contributed by atoms with Gasteiger partial charge in [0.1, 0.15) is 17.5 Å². The van der Waals surface area contributed by atoms with E-state index in [0.29, 0.717) is 12.2 Å². The minimum Gasteiger partial charge on any atom is -0.376 e. The molecule has 1 amide bonds. The highest BCUT2D eigenvalue weighted by Crippen LogP contribution is 2.20. The number of halogens is 2. The Hall–Kier alpha value is -3.60. The average Bonchev–Trinajstić information content (AvgIpc) is 3.40. The third kappa shape index (κ3) is 4.94. The fraction of sp³-hybridized carbons (Fsp3) is 0.300. The van der Waals surface area contributed by atoms with Crippen LogP contribution in [0.5, 0.6) is 0 Å². The molecule has 1 aliphatic rings. The minimum absolute atomic E-state index is 0.00336. The van der Waals surface area contributed by atoms with Crippen LogP contribution in [0.3, 0.4) is 0 Å². The van der Waals surface area contributed by atoms with Gasteiger partial charge in [-0.1, -0.05) is 6.07 Å². The minimum atomic E-state index is -0.771. The number of carbonyl (C=O) groups excluding carboxylic acids is 1. The summed E-state index contributed by atoms with van der Waals surface area (Å²) in [6.45, 7) is 1.18. The quantitative estimate of drug-likeness (QED) is 0.503. The number of rotatable bonds is 8. The molecule has 4 N–H and O–H groups in total. The first-order valence-corrected chi connectivity index (χ1v) is 9.74. The first-order valence-electron chi connectivity index (χ1n) is 9.74. The highest BCUT2D eigenvalue weighted by atomic mass is 19.1. The molecule has 0 saturated carbocycles. The smallest absolute Gasteiger partial charge is 0.254 e. The molecule has 162 valence electrons. The van der Waals surface area contributed by atoms with Crippen LogP contribution in [-0.2, 0) is 17.8 Å². The van der Waals surface area contributed by atoms with E-state index in [0.717, 1.165) is 31.6 Å². The molecule has 9 nitrogen and oxygen atoms in total. The van der Waals surface area contributed by atoms with Gasteiger partial charge in [0, 0.05) is 31.1 Å². The molecule has 1 fully saturated rings. The van der Waals surface area contributed by atoms with Gasteiger partial charge in [-0.3, -0.25) is 9.48 Å². The molecular formula is C20H21F2N7O2. The number of carbonyl (C=O) groups is 1. The SMILES string of the molecule is NC(=O)c1cnc(Nc2cnn(CC3CCCO3)c2)nc1NCc1c(F)cccc1F. The second-order valence-electron chi connectivity index (χ2n) is 7.08. The Labute approximate surface area is 176 Å². The summed E-state index contributed by atoms with van der Waals surface area (Å²) in [7, 11) is 0. The van der Waals surface area contributed by atoms with Gasteiger partial charge in [0.25, 0.3) is 5.91 Å². The van der Waals surface area contributed by atoms with Gasteiger partial charge in [-0.15, -0.1) is 0 Å². The van der Waals surface area contributed by atoms with Gasteiger partial charge in [-0.25, -0.2) is 13.8 Å². The van der Waals surface area contributed by atoms with E-state index >= 15 is 0 Å². The van der Waals surface area contributed by atoms with Crippen molar-refractivity contribution in [1.82, 2.24) is 19.7 Å². The van der Waals surface area contributed by atoms with E-state index in [4.69, 9.17) is 10.5 Å². The van der Waals surface area contributed by atoms with E-state index in [1.54, 1.807) is 17.1 Å². The Kier molecular flexibility index (Phi) is 6.03. The molecule has 1 unspecified atom stereocenters. The van der Waals surface area contributed by atoms with Crippen molar-refractivity contribution in [2.45, 2.75) is 32.0 Å². The molecule has 3 aromatic rings. The maximum absolute atomic E-state index is 13.9. The fourth-order valence-electron chi connectivity index (χ4n) is 3.28. The Morgan fingerprint density at radius 3 is 2.81 bits per heavy atom. The van der Waals surface area contributed by atoms with Gasteiger partial charge in [-0.05, 0) is 25.0 Å². The molecular weight excluding hydrogens is 408 g/mol. The van der Waals surface area contributed by atoms with Crippen LogP contribution in [0.4, 0.5) is 26.2 Å². The van der Waals surface area contributed by atoms with E-state index in [1.807, 2.05) is 0 Å². The van der Waals surface area contributed by atoms with Gasteiger partial charge in [0.05, 0.1) is 30.1 Å². The van der Waals surface area contributed by atoms with E-state index in [1.165, 1.54) is 12.3 Å². The van der Waals surface area contributed by atoms with Crippen LogP contribution in [0.25, 0.3) is 0 Å². The number of ether oxygens (including phenoxy) is 1. The third-order valence-corrected chi connectivity index (χ3v) is 4.85. The van der Waals surface area contributed by atoms with Crippen LogP contribution in [0.15, 0.2) is 36.8 Å². The van der Waals surface area contributed by atoms with E-state index < -0.39 is 17.5 Å².